The highest BCUT2D eigenvalue weighted by Gasteiger charge is 2.18. The first-order chi connectivity index (χ1) is 12.6. The van der Waals surface area contributed by atoms with Gasteiger partial charge in [-0.3, -0.25) is 4.79 Å². The van der Waals surface area contributed by atoms with Crippen LogP contribution in [0.5, 0.6) is 23.0 Å². The van der Waals surface area contributed by atoms with Gasteiger partial charge in [-0.15, -0.1) is 0 Å². The van der Waals surface area contributed by atoms with Crippen LogP contribution in [0.2, 0.25) is 5.02 Å². The quantitative estimate of drug-likeness (QED) is 0.864. The van der Waals surface area contributed by atoms with Crippen molar-refractivity contribution in [1.29, 1.82) is 0 Å². The van der Waals surface area contributed by atoms with Gasteiger partial charge in [0.15, 0.2) is 11.5 Å². The molecule has 0 unspecified atom stereocenters. The lowest BCUT2D eigenvalue weighted by atomic mass is 10.1. The summed E-state index contributed by atoms with van der Waals surface area (Å²) in [7, 11) is 3.16. The van der Waals surface area contributed by atoms with Gasteiger partial charge >= 0.3 is 0 Å². The zero-order chi connectivity index (χ0) is 18.5. The highest BCUT2D eigenvalue weighted by Crippen LogP contribution is 2.38. The van der Waals surface area contributed by atoms with Gasteiger partial charge in [0.25, 0.3) is 5.91 Å². The second-order valence-corrected chi connectivity index (χ2v) is 6.15. The Kier molecular flexibility index (Phi) is 5.73. The zero-order valence-electron chi connectivity index (χ0n) is 14.6. The number of amides is 1. The van der Waals surface area contributed by atoms with Crippen LogP contribution in [0, 0.1) is 0 Å². The number of halogens is 1. The maximum Gasteiger partial charge on any atom is 0.251 e. The van der Waals surface area contributed by atoms with Gasteiger partial charge in [-0.2, -0.15) is 0 Å². The smallest absolute Gasteiger partial charge is 0.251 e. The van der Waals surface area contributed by atoms with Gasteiger partial charge in [0.1, 0.15) is 11.5 Å². The molecule has 0 bridgehead atoms. The van der Waals surface area contributed by atoms with E-state index in [1.54, 1.807) is 32.4 Å². The largest absolute Gasteiger partial charge is 0.497 e. The Balaban J connectivity index is 1.74. The van der Waals surface area contributed by atoms with Crippen molar-refractivity contribution < 1.29 is 23.7 Å². The van der Waals surface area contributed by atoms with Crippen LogP contribution in [-0.4, -0.2) is 33.3 Å². The number of benzene rings is 2. The molecule has 2 aromatic rings. The van der Waals surface area contributed by atoms with Crippen LogP contribution in [-0.2, 0) is 6.54 Å². The topological polar surface area (TPSA) is 66.0 Å². The molecular formula is C19H20ClNO5. The van der Waals surface area contributed by atoms with Gasteiger partial charge in [0, 0.05) is 24.6 Å². The number of carbonyl (C=O) groups excluding carboxylic acids is 1. The van der Waals surface area contributed by atoms with Crippen molar-refractivity contribution in [3.8, 4) is 23.0 Å². The lowest BCUT2D eigenvalue weighted by Crippen LogP contribution is -2.23. The summed E-state index contributed by atoms with van der Waals surface area (Å²) in [4.78, 5) is 12.5. The number of ether oxygens (including phenoxy) is 4. The van der Waals surface area contributed by atoms with E-state index >= 15 is 0 Å². The maximum absolute atomic E-state index is 12.5. The summed E-state index contributed by atoms with van der Waals surface area (Å²) >= 11 is 6.24. The number of methoxy groups -OCH3 is 2. The monoisotopic (exact) mass is 377 g/mol. The maximum atomic E-state index is 12.5. The van der Waals surface area contributed by atoms with Gasteiger partial charge in [0.05, 0.1) is 32.5 Å². The Labute approximate surface area is 157 Å². The van der Waals surface area contributed by atoms with Crippen LogP contribution in [0.15, 0.2) is 30.3 Å². The predicted molar refractivity (Wildman–Crippen MR) is 97.8 cm³/mol. The van der Waals surface area contributed by atoms with Crippen LogP contribution in [0.1, 0.15) is 22.3 Å². The molecule has 6 nitrogen and oxygen atoms in total. The fraction of sp³-hybridized carbons (Fsp3) is 0.316. The molecule has 1 amide bonds. The molecule has 138 valence electrons. The average Bonchev–Trinajstić information content (AvgIpc) is 2.91. The third kappa shape index (κ3) is 4.14. The molecule has 3 rings (SSSR count). The molecule has 0 spiro atoms. The fourth-order valence-electron chi connectivity index (χ4n) is 2.61. The molecule has 0 aromatic heterocycles. The van der Waals surface area contributed by atoms with E-state index in [9.17, 15) is 4.79 Å². The van der Waals surface area contributed by atoms with E-state index in [2.05, 4.69) is 5.32 Å². The van der Waals surface area contributed by atoms with Gasteiger partial charge in [0.2, 0.25) is 0 Å². The predicted octanol–water partition coefficient (Wildman–Crippen LogP) is 3.45. The van der Waals surface area contributed by atoms with Crippen LogP contribution in [0.25, 0.3) is 0 Å². The first-order valence-electron chi connectivity index (χ1n) is 8.20. The summed E-state index contributed by atoms with van der Waals surface area (Å²) in [6, 6.07) is 8.67. The molecular weight excluding hydrogens is 358 g/mol. The van der Waals surface area contributed by atoms with E-state index in [1.807, 2.05) is 12.1 Å². The summed E-state index contributed by atoms with van der Waals surface area (Å²) in [5.41, 5.74) is 1.27. The Morgan fingerprint density at radius 2 is 1.77 bits per heavy atom. The number of hydrogen-bond acceptors (Lipinski definition) is 5. The summed E-state index contributed by atoms with van der Waals surface area (Å²) in [6.45, 7) is 1.38. The SMILES string of the molecule is COc1cc(CNC(=O)c2cc(Cl)c3c(c2)OCCCO3)cc(OC)c1. The summed E-state index contributed by atoms with van der Waals surface area (Å²) in [5, 5.41) is 3.22. The minimum atomic E-state index is -0.260. The standard InChI is InChI=1S/C19H20ClNO5/c1-23-14-6-12(7-15(10-14)24-2)11-21-19(22)13-8-16(20)18-17(9-13)25-4-3-5-26-18/h6-10H,3-5,11H2,1-2H3,(H,21,22). The van der Waals surface area contributed by atoms with Gasteiger partial charge in [-0.05, 0) is 29.8 Å². The molecule has 0 aliphatic carbocycles. The molecule has 0 fully saturated rings. The molecule has 1 heterocycles. The summed E-state index contributed by atoms with van der Waals surface area (Å²) in [6.07, 6.45) is 0.768. The number of rotatable bonds is 5. The first kappa shape index (κ1) is 18.2. The lowest BCUT2D eigenvalue weighted by Gasteiger charge is -2.12. The molecule has 26 heavy (non-hydrogen) atoms. The minimum Gasteiger partial charge on any atom is -0.497 e. The Hall–Kier alpha value is -2.60. The third-order valence-corrected chi connectivity index (χ3v) is 4.21. The lowest BCUT2D eigenvalue weighted by molar-refractivity contribution is 0.0950. The fourth-order valence-corrected chi connectivity index (χ4v) is 2.88. The van der Waals surface area contributed by atoms with Crippen molar-refractivity contribution in [1.82, 2.24) is 5.32 Å². The molecule has 1 N–H and O–H groups in total. The van der Waals surface area contributed by atoms with Crippen molar-refractivity contribution in [2.45, 2.75) is 13.0 Å². The molecule has 1 aliphatic heterocycles. The van der Waals surface area contributed by atoms with Gasteiger partial charge in [-0.25, -0.2) is 0 Å². The average molecular weight is 378 g/mol. The molecule has 0 radical (unpaired) electrons. The van der Waals surface area contributed by atoms with E-state index in [-0.39, 0.29) is 5.91 Å². The second-order valence-electron chi connectivity index (χ2n) is 5.74. The van der Waals surface area contributed by atoms with Gasteiger partial charge < -0.3 is 24.3 Å². The van der Waals surface area contributed by atoms with Crippen molar-refractivity contribution in [2.24, 2.45) is 0 Å². The normalized spacial score (nSPS) is 12.9. The van der Waals surface area contributed by atoms with E-state index in [0.29, 0.717) is 53.3 Å². The Morgan fingerprint density at radius 1 is 1.08 bits per heavy atom. The highest BCUT2D eigenvalue weighted by atomic mass is 35.5. The van der Waals surface area contributed by atoms with Crippen LogP contribution in [0.3, 0.4) is 0 Å². The van der Waals surface area contributed by atoms with Gasteiger partial charge in [-0.1, -0.05) is 11.6 Å². The molecule has 7 heteroatoms. The number of nitrogens with one attached hydrogen (secondary N) is 1. The van der Waals surface area contributed by atoms with E-state index in [1.165, 1.54) is 0 Å². The van der Waals surface area contributed by atoms with E-state index in [0.717, 1.165) is 12.0 Å². The summed E-state index contributed by atoms with van der Waals surface area (Å²) in [5.74, 6) is 2.03. The Bertz CT molecular complexity index is 787. The van der Waals surface area contributed by atoms with E-state index in [4.69, 9.17) is 30.5 Å². The van der Waals surface area contributed by atoms with Crippen LogP contribution >= 0.6 is 11.6 Å². The number of hydrogen-bond donors (Lipinski definition) is 1. The molecule has 1 aliphatic rings. The second kappa shape index (κ2) is 8.19. The van der Waals surface area contributed by atoms with Crippen molar-refractivity contribution >= 4 is 17.5 Å². The number of fused-ring (bicyclic) bond motifs is 1. The molecule has 0 saturated carbocycles. The van der Waals surface area contributed by atoms with Crippen LogP contribution in [0.4, 0.5) is 0 Å². The van der Waals surface area contributed by atoms with Crippen molar-refractivity contribution in [3.63, 3.8) is 0 Å². The minimum absolute atomic E-state index is 0.260. The first-order valence-corrected chi connectivity index (χ1v) is 8.58. The van der Waals surface area contributed by atoms with Crippen molar-refractivity contribution in [2.75, 3.05) is 27.4 Å². The Morgan fingerprint density at radius 3 is 2.46 bits per heavy atom. The zero-order valence-corrected chi connectivity index (χ0v) is 15.4. The van der Waals surface area contributed by atoms with Crippen LogP contribution < -0.4 is 24.3 Å². The third-order valence-electron chi connectivity index (χ3n) is 3.93. The van der Waals surface area contributed by atoms with E-state index < -0.39 is 0 Å². The summed E-state index contributed by atoms with van der Waals surface area (Å²) < 4.78 is 21.7. The number of carbonyl (C=O) groups is 1. The molecule has 2 aromatic carbocycles. The molecule has 0 atom stereocenters. The van der Waals surface area contributed by atoms with Crippen molar-refractivity contribution in [3.05, 3.63) is 46.5 Å². The highest BCUT2D eigenvalue weighted by molar-refractivity contribution is 6.32. The molecule has 0 saturated heterocycles.